The first-order valence-corrected chi connectivity index (χ1v) is 14.3. The number of halogens is 4. The molecule has 3 unspecified atom stereocenters. The van der Waals surface area contributed by atoms with Crippen LogP contribution in [0.4, 0.5) is 13.2 Å². The molecule has 3 N–H and O–H groups in total. The Hall–Kier alpha value is -4.26. The van der Waals surface area contributed by atoms with Gasteiger partial charge >= 0.3 is 6.18 Å². The number of benzene rings is 2. The van der Waals surface area contributed by atoms with Crippen molar-refractivity contribution >= 4 is 46.1 Å². The van der Waals surface area contributed by atoms with Gasteiger partial charge in [-0.3, -0.25) is 19.2 Å². The average Bonchev–Trinajstić information content (AvgIpc) is 3.61. The first kappa shape index (κ1) is 31.2. The number of amides is 4. The Morgan fingerprint density at radius 3 is 2.48 bits per heavy atom. The van der Waals surface area contributed by atoms with Crippen molar-refractivity contribution < 1.29 is 37.1 Å². The number of nitrogens with one attached hydrogen (secondary N) is 3. The fraction of sp³-hybridized carbons (Fsp3) is 0.400. The van der Waals surface area contributed by atoms with Crippen molar-refractivity contribution in [3.05, 3.63) is 64.3 Å². The van der Waals surface area contributed by atoms with Gasteiger partial charge in [-0.05, 0) is 47.7 Å². The highest BCUT2D eigenvalue weighted by Gasteiger charge is 2.48. The van der Waals surface area contributed by atoms with Gasteiger partial charge in [0.05, 0.1) is 36.6 Å². The van der Waals surface area contributed by atoms with Gasteiger partial charge in [-0.15, -0.1) is 0 Å². The van der Waals surface area contributed by atoms with Gasteiger partial charge in [-0.1, -0.05) is 11.6 Å². The zero-order valence-corrected chi connectivity index (χ0v) is 24.7. The van der Waals surface area contributed by atoms with Gasteiger partial charge in [-0.25, -0.2) is 0 Å². The van der Waals surface area contributed by atoms with Gasteiger partial charge in [-0.2, -0.15) is 13.2 Å². The summed E-state index contributed by atoms with van der Waals surface area (Å²) in [5, 5.41) is 5.34. The minimum absolute atomic E-state index is 0.00818. The Bertz CT molecular complexity index is 1610. The van der Waals surface area contributed by atoms with Crippen molar-refractivity contribution in [1.29, 1.82) is 0 Å². The zero-order chi connectivity index (χ0) is 31.8. The highest BCUT2D eigenvalue weighted by molar-refractivity contribution is 6.31. The van der Waals surface area contributed by atoms with Crippen LogP contribution in [0.25, 0.3) is 10.9 Å². The number of alkyl halides is 3. The number of aromatic nitrogens is 1. The van der Waals surface area contributed by atoms with E-state index in [1.165, 1.54) is 11.9 Å². The molecule has 2 aromatic carbocycles. The third-order valence-corrected chi connectivity index (χ3v) is 8.71. The van der Waals surface area contributed by atoms with E-state index in [1.54, 1.807) is 24.3 Å². The van der Waals surface area contributed by atoms with Gasteiger partial charge < -0.3 is 30.2 Å². The molecule has 3 aromatic rings. The first-order valence-electron chi connectivity index (χ1n) is 14.0. The highest BCUT2D eigenvalue weighted by atomic mass is 35.5. The SMILES string of the molecule is CNC(=O)CNC(=O)C1CN(C(=O)Cc2c[nH]c3cc(OC)ccc23)CC2CN(C(=O)c3ccc(C(F)(F)F)c(Cl)c3)CC21. The molecule has 2 aliphatic rings. The van der Waals surface area contributed by atoms with E-state index in [9.17, 15) is 32.3 Å². The predicted octanol–water partition coefficient (Wildman–Crippen LogP) is 3.10. The van der Waals surface area contributed by atoms with E-state index < -0.39 is 40.4 Å². The third kappa shape index (κ3) is 6.33. The number of carbonyl (C=O) groups is 4. The monoisotopic (exact) mass is 633 g/mol. The molecule has 2 aliphatic heterocycles. The first-order chi connectivity index (χ1) is 20.9. The normalized spacial score (nSPS) is 19.9. The summed E-state index contributed by atoms with van der Waals surface area (Å²) in [5.41, 5.74) is 0.539. The summed E-state index contributed by atoms with van der Waals surface area (Å²) in [6, 6.07) is 8.34. The fourth-order valence-corrected chi connectivity index (χ4v) is 6.37. The molecule has 0 aliphatic carbocycles. The number of rotatable bonds is 7. The maximum atomic E-state index is 13.6. The van der Waals surface area contributed by atoms with Crippen molar-refractivity contribution in [2.75, 3.05) is 46.9 Å². The average molecular weight is 634 g/mol. The van der Waals surface area contributed by atoms with Crippen LogP contribution in [0, 0.1) is 17.8 Å². The Balaban J connectivity index is 1.35. The summed E-state index contributed by atoms with van der Waals surface area (Å²) in [4.78, 5) is 58.3. The number of carbonyl (C=O) groups excluding carboxylic acids is 4. The number of piperidine rings is 1. The summed E-state index contributed by atoms with van der Waals surface area (Å²) >= 11 is 5.86. The molecule has 0 saturated carbocycles. The molecule has 0 radical (unpaired) electrons. The lowest BCUT2D eigenvalue weighted by Crippen LogP contribution is -2.54. The Morgan fingerprint density at radius 1 is 1.05 bits per heavy atom. The van der Waals surface area contributed by atoms with Gasteiger partial charge in [0, 0.05) is 62.0 Å². The number of likely N-dealkylation sites (tertiary alicyclic amines) is 2. The Morgan fingerprint density at radius 2 is 1.80 bits per heavy atom. The number of methoxy groups -OCH3 is 1. The van der Waals surface area contributed by atoms with Crippen LogP contribution in [-0.2, 0) is 27.0 Å². The summed E-state index contributed by atoms with van der Waals surface area (Å²) in [6.45, 7) is 0.480. The van der Waals surface area contributed by atoms with Gasteiger partial charge in [0.15, 0.2) is 0 Å². The van der Waals surface area contributed by atoms with Crippen LogP contribution in [0.1, 0.15) is 21.5 Å². The molecule has 1 aromatic heterocycles. The summed E-state index contributed by atoms with van der Waals surface area (Å²) in [7, 11) is 3.01. The van der Waals surface area contributed by atoms with Gasteiger partial charge in [0.2, 0.25) is 17.7 Å². The molecule has 3 atom stereocenters. The largest absolute Gasteiger partial charge is 0.497 e. The molecule has 2 fully saturated rings. The molecule has 0 bridgehead atoms. The van der Waals surface area contributed by atoms with E-state index in [4.69, 9.17) is 16.3 Å². The predicted molar refractivity (Wildman–Crippen MR) is 155 cm³/mol. The quantitative estimate of drug-likeness (QED) is 0.369. The standard InChI is InChI=1S/C30H31ClF3N5O5/c1-35-26(40)11-37-28(42)22-15-38(27(41)8-17-10-36-25-9-19(44-2)4-5-20(17)25)12-18-13-39(14-21(18)22)29(43)16-3-6-23(24(31)7-16)30(32,33)34/h3-7,9-10,18,21-22,36H,8,11-15H2,1-2H3,(H,35,40)(H,37,42). The minimum Gasteiger partial charge on any atom is -0.497 e. The molecule has 4 amide bonds. The molecule has 14 heteroatoms. The summed E-state index contributed by atoms with van der Waals surface area (Å²) < 4.78 is 44.8. The number of fused-ring (bicyclic) bond motifs is 2. The van der Waals surface area contributed by atoms with Crippen molar-refractivity contribution in [2.24, 2.45) is 17.8 Å². The molecule has 10 nitrogen and oxygen atoms in total. The molecular weight excluding hydrogens is 603 g/mol. The van der Waals surface area contributed by atoms with E-state index in [2.05, 4.69) is 15.6 Å². The lowest BCUT2D eigenvalue weighted by molar-refractivity contribution is -0.139. The molecule has 5 rings (SSSR count). The van der Waals surface area contributed by atoms with Crippen LogP contribution < -0.4 is 15.4 Å². The smallest absolute Gasteiger partial charge is 0.417 e. The fourth-order valence-electron chi connectivity index (χ4n) is 6.08. The van der Waals surface area contributed by atoms with Crippen LogP contribution in [0.15, 0.2) is 42.6 Å². The topological polar surface area (TPSA) is 124 Å². The molecule has 234 valence electrons. The number of aromatic amines is 1. The number of ether oxygens (including phenoxy) is 1. The van der Waals surface area contributed by atoms with Crippen molar-refractivity contribution in [2.45, 2.75) is 12.6 Å². The van der Waals surface area contributed by atoms with Crippen molar-refractivity contribution in [3.8, 4) is 5.75 Å². The lowest BCUT2D eigenvalue weighted by atomic mass is 9.79. The summed E-state index contributed by atoms with van der Waals surface area (Å²) in [6.07, 6.45) is -2.83. The maximum Gasteiger partial charge on any atom is 0.417 e. The van der Waals surface area contributed by atoms with Crippen LogP contribution in [-0.4, -0.2) is 85.3 Å². The Kier molecular flexibility index (Phi) is 8.78. The number of likely N-dealkylation sites (N-methyl/N-ethyl adjacent to an activating group) is 1. The number of hydrogen-bond acceptors (Lipinski definition) is 5. The van der Waals surface area contributed by atoms with Crippen molar-refractivity contribution in [1.82, 2.24) is 25.4 Å². The molecule has 2 saturated heterocycles. The van der Waals surface area contributed by atoms with Gasteiger partial charge in [0.1, 0.15) is 5.75 Å². The molecular formula is C30H31ClF3N5O5. The summed E-state index contributed by atoms with van der Waals surface area (Å²) in [5.74, 6) is -2.20. The molecule has 3 heterocycles. The van der Waals surface area contributed by atoms with Gasteiger partial charge in [0.25, 0.3) is 5.91 Å². The van der Waals surface area contributed by atoms with E-state index in [1.807, 2.05) is 12.1 Å². The Labute approximate surface area is 255 Å². The van der Waals surface area contributed by atoms with E-state index in [0.29, 0.717) is 5.75 Å². The molecule has 44 heavy (non-hydrogen) atoms. The second-order valence-corrected chi connectivity index (χ2v) is 11.4. The van der Waals surface area contributed by atoms with Crippen LogP contribution >= 0.6 is 11.6 Å². The highest BCUT2D eigenvalue weighted by Crippen LogP contribution is 2.38. The van der Waals surface area contributed by atoms with Crippen LogP contribution in [0.5, 0.6) is 5.75 Å². The van der Waals surface area contributed by atoms with Crippen LogP contribution in [0.2, 0.25) is 5.02 Å². The van der Waals surface area contributed by atoms with Crippen LogP contribution in [0.3, 0.4) is 0 Å². The number of hydrogen-bond donors (Lipinski definition) is 3. The van der Waals surface area contributed by atoms with Crippen molar-refractivity contribution in [3.63, 3.8) is 0 Å². The lowest BCUT2D eigenvalue weighted by Gasteiger charge is -2.39. The second-order valence-electron chi connectivity index (χ2n) is 11.0. The van der Waals surface area contributed by atoms with E-state index in [-0.39, 0.29) is 62.5 Å². The van der Waals surface area contributed by atoms with E-state index in [0.717, 1.165) is 34.7 Å². The minimum atomic E-state index is -4.66. The number of nitrogens with zero attached hydrogens (tertiary/aromatic N) is 2. The zero-order valence-electron chi connectivity index (χ0n) is 24.0. The maximum absolute atomic E-state index is 13.6. The third-order valence-electron chi connectivity index (χ3n) is 8.40. The second kappa shape index (κ2) is 12.4. The molecule has 0 spiro atoms. The van der Waals surface area contributed by atoms with E-state index >= 15 is 0 Å². The number of H-pyrrole nitrogens is 1.